The zero-order valence-corrected chi connectivity index (χ0v) is 11.8. The second kappa shape index (κ2) is 5.02. The number of aromatic amines is 1. The third-order valence-corrected chi connectivity index (χ3v) is 4.36. The van der Waals surface area contributed by atoms with E-state index in [4.69, 9.17) is 11.6 Å². The smallest absolute Gasteiger partial charge is 0.305 e. The first-order chi connectivity index (χ1) is 9.16. The maximum Gasteiger partial charge on any atom is 0.326 e. The zero-order chi connectivity index (χ0) is 13.4. The van der Waals surface area contributed by atoms with Crippen molar-refractivity contribution in [3.05, 3.63) is 33.7 Å². The van der Waals surface area contributed by atoms with Crippen LogP contribution in [0.5, 0.6) is 0 Å². The molecule has 1 aromatic heterocycles. The minimum Gasteiger partial charge on any atom is -0.305 e. The summed E-state index contributed by atoms with van der Waals surface area (Å²) in [4.78, 5) is 17.3. The Morgan fingerprint density at radius 2 is 2.26 bits per heavy atom. The first-order valence-corrected chi connectivity index (χ1v) is 7.12. The Kier molecular flexibility index (Phi) is 3.37. The third kappa shape index (κ3) is 2.30. The van der Waals surface area contributed by atoms with E-state index in [9.17, 15) is 4.79 Å². The number of hydrogen-bond donors (Lipinski definition) is 1. The molecule has 102 valence electrons. The highest BCUT2D eigenvalue weighted by atomic mass is 35.5. The van der Waals surface area contributed by atoms with Crippen LogP contribution in [0.1, 0.15) is 19.3 Å². The van der Waals surface area contributed by atoms with Gasteiger partial charge in [-0.15, -0.1) is 0 Å². The molecule has 5 heteroatoms. The van der Waals surface area contributed by atoms with Crippen molar-refractivity contribution in [2.45, 2.75) is 31.8 Å². The highest BCUT2D eigenvalue weighted by Gasteiger charge is 2.21. The second-order valence-electron chi connectivity index (χ2n) is 5.31. The fraction of sp³-hybridized carbons (Fsp3) is 0.500. The molecule has 2 aromatic rings. The number of halogens is 1. The van der Waals surface area contributed by atoms with Crippen LogP contribution in [0.4, 0.5) is 0 Å². The fourth-order valence-electron chi connectivity index (χ4n) is 2.93. The predicted octanol–water partition coefficient (Wildman–Crippen LogP) is 2.47. The molecule has 3 rings (SSSR count). The largest absolute Gasteiger partial charge is 0.326 e. The van der Waals surface area contributed by atoms with Crippen molar-refractivity contribution in [3.8, 4) is 0 Å². The lowest BCUT2D eigenvalue weighted by atomic mass is 10.0. The van der Waals surface area contributed by atoms with Crippen LogP contribution in [0.2, 0.25) is 5.02 Å². The normalized spacial score (nSPS) is 21.1. The fourth-order valence-corrected chi connectivity index (χ4v) is 3.21. The molecule has 0 aliphatic carbocycles. The number of H-pyrrole nitrogens is 1. The predicted molar refractivity (Wildman–Crippen MR) is 77.8 cm³/mol. The molecule has 2 heterocycles. The number of fused-ring (bicyclic) bond motifs is 1. The lowest BCUT2D eigenvalue weighted by molar-refractivity contribution is 0.167. The Labute approximate surface area is 117 Å². The molecular weight excluding hydrogens is 262 g/mol. The number of nitrogens with one attached hydrogen (secondary N) is 1. The van der Waals surface area contributed by atoms with E-state index in [0.717, 1.165) is 24.0 Å². The van der Waals surface area contributed by atoms with E-state index in [1.54, 1.807) is 4.57 Å². The van der Waals surface area contributed by atoms with E-state index in [2.05, 4.69) is 16.9 Å². The third-order valence-electron chi connectivity index (χ3n) is 4.06. The van der Waals surface area contributed by atoms with Crippen LogP contribution in [-0.2, 0) is 6.54 Å². The van der Waals surface area contributed by atoms with Gasteiger partial charge in [0.1, 0.15) is 0 Å². The van der Waals surface area contributed by atoms with Crippen molar-refractivity contribution in [1.29, 1.82) is 0 Å². The van der Waals surface area contributed by atoms with Gasteiger partial charge in [0.25, 0.3) is 0 Å². The van der Waals surface area contributed by atoms with Crippen LogP contribution >= 0.6 is 11.6 Å². The van der Waals surface area contributed by atoms with Crippen LogP contribution in [0.3, 0.4) is 0 Å². The Hall–Kier alpha value is -1.26. The summed E-state index contributed by atoms with van der Waals surface area (Å²) in [7, 11) is 2.13. The van der Waals surface area contributed by atoms with Gasteiger partial charge in [0.05, 0.1) is 16.1 Å². The van der Waals surface area contributed by atoms with Gasteiger partial charge in [-0.05, 0) is 38.6 Å². The van der Waals surface area contributed by atoms with E-state index in [1.165, 1.54) is 12.8 Å². The topological polar surface area (TPSA) is 41.0 Å². The molecule has 1 saturated heterocycles. The monoisotopic (exact) mass is 279 g/mol. The quantitative estimate of drug-likeness (QED) is 0.917. The number of imidazole rings is 1. The van der Waals surface area contributed by atoms with E-state index in [0.29, 0.717) is 17.6 Å². The average Bonchev–Trinajstić information content (AvgIpc) is 2.70. The van der Waals surface area contributed by atoms with Crippen LogP contribution in [0.25, 0.3) is 11.0 Å². The van der Waals surface area contributed by atoms with Crippen molar-refractivity contribution >= 4 is 22.6 Å². The Bertz CT molecular complexity index is 646. The van der Waals surface area contributed by atoms with Crippen LogP contribution in [0.15, 0.2) is 23.0 Å². The number of hydrogen-bond acceptors (Lipinski definition) is 2. The van der Waals surface area contributed by atoms with Gasteiger partial charge >= 0.3 is 5.69 Å². The summed E-state index contributed by atoms with van der Waals surface area (Å²) in [5, 5.41) is 0.634. The number of benzene rings is 1. The number of para-hydroxylation sites is 1. The molecule has 19 heavy (non-hydrogen) atoms. The summed E-state index contributed by atoms with van der Waals surface area (Å²) in [5.41, 5.74) is 1.58. The molecule has 1 N–H and O–H groups in total. The summed E-state index contributed by atoms with van der Waals surface area (Å²) >= 11 is 6.24. The molecule has 0 amide bonds. The van der Waals surface area contributed by atoms with Crippen molar-refractivity contribution in [3.63, 3.8) is 0 Å². The number of rotatable bonds is 2. The van der Waals surface area contributed by atoms with Crippen molar-refractivity contribution in [1.82, 2.24) is 14.5 Å². The van der Waals surface area contributed by atoms with E-state index in [-0.39, 0.29) is 5.69 Å². The zero-order valence-electron chi connectivity index (χ0n) is 11.0. The minimum absolute atomic E-state index is 0.0675. The maximum absolute atomic E-state index is 12.1. The van der Waals surface area contributed by atoms with E-state index >= 15 is 0 Å². The molecule has 0 saturated carbocycles. The van der Waals surface area contributed by atoms with Gasteiger partial charge in [0.15, 0.2) is 0 Å². The average molecular weight is 280 g/mol. The molecule has 1 aliphatic rings. The van der Waals surface area contributed by atoms with E-state index < -0.39 is 0 Å². The van der Waals surface area contributed by atoms with Gasteiger partial charge in [0, 0.05) is 12.6 Å². The molecule has 4 nitrogen and oxygen atoms in total. The molecule has 1 aliphatic heterocycles. The number of nitrogens with zero attached hydrogens (tertiary/aromatic N) is 2. The Balaban J connectivity index is 2.00. The maximum atomic E-state index is 12.1. The van der Waals surface area contributed by atoms with Gasteiger partial charge in [-0.1, -0.05) is 24.1 Å². The summed E-state index contributed by atoms with van der Waals surface area (Å²) in [6.45, 7) is 1.81. The van der Waals surface area contributed by atoms with Crippen LogP contribution < -0.4 is 5.69 Å². The summed E-state index contributed by atoms with van der Waals surface area (Å²) in [5.74, 6) is 0. The van der Waals surface area contributed by atoms with Gasteiger partial charge in [-0.3, -0.25) is 4.57 Å². The summed E-state index contributed by atoms with van der Waals surface area (Å²) in [6, 6.07) is 6.00. The van der Waals surface area contributed by atoms with Gasteiger partial charge in [-0.2, -0.15) is 0 Å². The summed E-state index contributed by atoms with van der Waals surface area (Å²) in [6.07, 6.45) is 3.62. The number of likely N-dealkylation sites (N-methyl/N-ethyl adjacent to an activating group) is 1. The lowest BCUT2D eigenvalue weighted by Gasteiger charge is -2.32. The molecule has 0 spiro atoms. The Morgan fingerprint density at radius 1 is 1.42 bits per heavy atom. The lowest BCUT2D eigenvalue weighted by Crippen LogP contribution is -2.40. The first-order valence-electron chi connectivity index (χ1n) is 6.74. The minimum atomic E-state index is -0.0675. The van der Waals surface area contributed by atoms with Crippen molar-refractivity contribution < 1.29 is 0 Å². The molecule has 1 aromatic carbocycles. The van der Waals surface area contributed by atoms with Gasteiger partial charge < -0.3 is 9.88 Å². The molecule has 0 radical (unpaired) electrons. The number of piperidine rings is 1. The molecular formula is C14H18ClN3O. The SMILES string of the molecule is CN1CCCCC1Cn1c(=O)[nH]c2cccc(Cl)c21. The molecule has 0 bridgehead atoms. The van der Waals surface area contributed by atoms with Crippen molar-refractivity contribution in [2.75, 3.05) is 13.6 Å². The summed E-state index contributed by atoms with van der Waals surface area (Å²) < 4.78 is 1.78. The number of likely N-dealkylation sites (tertiary alicyclic amines) is 1. The molecule has 1 fully saturated rings. The van der Waals surface area contributed by atoms with Crippen molar-refractivity contribution in [2.24, 2.45) is 0 Å². The first kappa shape index (κ1) is 12.8. The van der Waals surface area contributed by atoms with E-state index in [1.807, 2.05) is 18.2 Å². The van der Waals surface area contributed by atoms with Gasteiger partial charge in [0.2, 0.25) is 0 Å². The molecule has 1 atom stereocenters. The highest BCUT2D eigenvalue weighted by molar-refractivity contribution is 6.34. The molecule has 1 unspecified atom stereocenters. The highest BCUT2D eigenvalue weighted by Crippen LogP contribution is 2.23. The van der Waals surface area contributed by atoms with Crippen LogP contribution in [-0.4, -0.2) is 34.1 Å². The Morgan fingerprint density at radius 3 is 3.05 bits per heavy atom. The van der Waals surface area contributed by atoms with Gasteiger partial charge in [-0.25, -0.2) is 4.79 Å². The number of aromatic nitrogens is 2. The second-order valence-corrected chi connectivity index (χ2v) is 5.71. The van der Waals surface area contributed by atoms with Crippen LogP contribution in [0, 0.1) is 0 Å². The standard InChI is InChI=1S/C14H18ClN3O/c1-17-8-3-2-5-10(17)9-18-13-11(15)6-4-7-12(13)16-14(18)19/h4,6-7,10H,2-3,5,8-9H2,1H3,(H,16,19).